The van der Waals surface area contributed by atoms with Crippen LogP contribution in [0.3, 0.4) is 0 Å². The smallest absolute Gasteiger partial charge is 0.115 e. The second-order valence-electron chi connectivity index (χ2n) is 9.51. The Labute approximate surface area is 196 Å². The van der Waals surface area contributed by atoms with Crippen LogP contribution >= 0.6 is 34.4 Å². The summed E-state index contributed by atoms with van der Waals surface area (Å²) < 4.78 is 11.9. The molecule has 31 heavy (non-hydrogen) atoms. The molecule has 0 aliphatic heterocycles. The quantitative estimate of drug-likeness (QED) is 0.327. The summed E-state index contributed by atoms with van der Waals surface area (Å²) in [7, 11) is -2.96. The van der Waals surface area contributed by atoms with Gasteiger partial charge < -0.3 is 0 Å². The van der Waals surface area contributed by atoms with Crippen LogP contribution in [0.2, 0.25) is 39.3 Å². The van der Waals surface area contributed by atoms with Crippen molar-refractivity contribution in [1.82, 2.24) is 8.75 Å². The van der Waals surface area contributed by atoms with Crippen LogP contribution < -0.4 is 9.00 Å². The summed E-state index contributed by atoms with van der Waals surface area (Å²) >= 11 is 4.57. The summed E-state index contributed by atoms with van der Waals surface area (Å²) in [6, 6.07) is 13.1. The average molecular weight is 495 g/mol. The van der Waals surface area contributed by atoms with Gasteiger partial charge in [0.2, 0.25) is 0 Å². The molecule has 0 amide bonds. The number of thiophene rings is 2. The number of hydrogen-bond donors (Lipinski definition) is 0. The van der Waals surface area contributed by atoms with Gasteiger partial charge in [0.15, 0.2) is 0 Å². The van der Waals surface area contributed by atoms with Crippen LogP contribution in [0.25, 0.3) is 31.9 Å². The molecule has 0 aliphatic carbocycles. The number of aromatic nitrogens is 2. The Morgan fingerprint density at radius 2 is 1.06 bits per heavy atom. The predicted octanol–water partition coefficient (Wildman–Crippen LogP) is 5.98. The summed E-state index contributed by atoms with van der Waals surface area (Å²) in [5, 5.41) is 20.3. The first-order chi connectivity index (χ1) is 14.6. The molecule has 0 unspecified atom stereocenters. The first-order valence-corrected chi connectivity index (χ1v) is 19.3. The van der Waals surface area contributed by atoms with Crippen LogP contribution in [-0.4, -0.2) is 24.9 Å². The van der Waals surface area contributed by atoms with E-state index in [1.54, 1.807) is 22.7 Å². The van der Waals surface area contributed by atoms with Gasteiger partial charge in [0, 0.05) is 20.9 Å². The lowest BCUT2D eigenvalue weighted by atomic mass is 9.93. The van der Waals surface area contributed by atoms with Crippen molar-refractivity contribution in [3.63, 3.8) is 0 Å². The minimum Gasteiger partial charge on any atom is -0.192 e. The van der Waals surface area contributed by atoms with E-state index in [0.717, 1.165) is 43.6 Å². The highest BCUT2D eigenvalue weighted by Gasteiger charge is 2.28. The largest absolute Gasteiger partial charge is 0.192 e. The molecule has 0 spiro atoms. The molecule has 0 saturated heterocycles. The molecule has 9 heteroatoms. The van der Waals surface area contributed by atoms with Gasteiger partial charge >= 0.3 is 0 Å². The molecule has 0 bridgehead atoms. The minimum atomic E-state index is -1.48. The Morgan fingerprint density at radius 1 is 0.677 bits per heavy atom. The number of rotatable bonds is 4. The monoisotopic (exact) mass is 494 g/mol. The Bertz CT molecular complexity index is 1280. The molecule has 3 heterocycles. The van der Waals surface area contributed by atoms with Crippen molar-refractivity contribution >= 4 is 70.6 Å². The summed E-state index contributed by atoms with van der Waals surface area (Å²) in [6.07, 6.45) is 0. The van der Waals surface area contributed by atoms with Gasteiger partial charge in [0.25, 0.3) is 0 Å². The van der Waals surface area contributed by atoms with E-state index in [0.29, 0.717) is 11.1 Å². The van der Waals surface area contributed by atoms with E-state index >= 15 is 0 Å². The third kappa shape index (κ3) is 3.82. The Balaban J connectivity index is 2.05. The lowest BCUT2D eigenvalue weighted by Crippen LogP contribution is -2.34. The van der Waals surface area contributed by atoms with Gasteiger partial charge in [0.1, 0.15) is 23.2 Å². The molecule has 4 rings (SSSR count). The Hall–Kier alpha value is -2.15. The van der Waals surface area contributed by atoms with Crippen molar-refractivity contribution in [1.29, 1.82) is 10.5 Å². The highest BCUT2D eigenvalue weighted by atomic mass is 32.1. The number of benzene rings is 1. The molecule has 0 saturated carbocycles. The van der Waals surface area contributed by atoms with Crippen LogP contribution in [0.15, 0.2) is 24.3 Å². The molecule has 0 aliphatic rings. The van der Waals surface area contributed by atoms with Gasteiger partial charge in [-0.15, -0.1) is 22.7 Å². The number of fused-ring (bicyclic) bond motifs is 1. The second-order valence-corrected chi connectivity index (χ2v) is 23.0. The fourth-order valence-corrected chi connectivity index (χ4v) is 9.91. The zero-order valence-electron chi connectivity index (χ0n) is 18.3. The van der Waals surface area contributed by atoms with Crippen molar-refractivity contribution in [2.24, 2.45) is 0 Å². The van der Waals surface area contributed by atoms with E-state index in [4.69, 9.17) is 0 Å². The first-order valence-electron chi connectivity index (χ1n) is 9.90. The van der Waals surface area contributed by atoms with E-state index in [-0.39, 0.29) is 0 Å². The molecule has 4 aromatic rings. The maximum atomic E-state index is 10.1. The van der Waals surface area contributed by atoms with Crippen LogP contribution in [-0.2, 0) is 0 Å². The zero-order chi connectivity index (χ0) is 22.6. The summed E-state index contributed by atoms with van der Waals surface area (Å²) in [5.74, 6) is 0. The molecule has 0 fully saturated rings. The molecular weight excluding hydrogens is 473 g/mol. The van der Waals surface area contributed by atoms with Crippen LogP contribution in [0, 0.1) is 22.7 Å². The standard InChI is InChI=1S/C22H22N4S3Si2/c1-30(2,3)17-9-7-15(27-17)19-13(11-23)14(12-24)20(22-21(19)25-29-26-22)16-8-10-18(28-16)31(4,5)6/h7-10H,1-6H3. The van der Waals surface area contributed by atoms with Gasteiger partial charge in [-0.3, -0.25) is 0 Å². The van der Waals surface area contributed by atoms with Crippen LogP contribution in [0.5, 0.6) is 0 Å². The fourth-order valence-electron chi connectivity index (χ4n) is 3.46. The highest BCUT2D eigenvalue weighted by Crippen LogP contribution is 2.43. The van der Waals surface area contributed by atoms with Crippen LogP contribution in [0.1, 0.15) is 11.1 Å². The summed E-state index contributed by atoms with van der Waals surface area (Å²) in [4.78, 5) is 1.98. The third-order valence-electron chi connectivity index (χ3n) is 5.12. The van der Waals surface area contributed by atoms with Gasteiger partial charge in [-0.1, -0.05) is 51.4 Å². The third-order valence-corrected chi connectivity index (χ3v) is 15.1. The molecule has 1 aromatic carbocycles. The van der Waals surface area contributed by atoms with Gasteiger partial charge in [-0.25, -0.2) is 0 Å². The topological polar surface area (TPSA) is 73.4 Å². The lowest BCUT2D eigenvalue weighted by Gasteiger charge is -2.13. The maximum absolute atomic E-state index is 10.1. The maximum Gasteiger partial charge on any atom is 0.115 e. The van der Waals surface area contributed by atoms with Crippen molar-refractivity contribution in [2.75, 3.05) is 0 Å². The van der Waals surface area contributed by atoms with Gasteiger partial charge in [0.05, 0.1) is 39.0 Å². The Morgan fingerprint density at radius 3 is 1.35 bits per heavy atom. The SMILES string of the molecule is C[Si](C)(C)c1ccc(-c2c(C#N)c(C#N)c(-c3ccc([Si](C)(C)C)s3)c3nsnc23)s1. The fraction of sp³-hybridized carbons (Fsp3) is 0.273. The molecule has 3 aromatic heterocycles. The van der Waals surface area contributed by atoms with E-state index in [1.807, 2.05) is 0 Å². The van der Waals surface area contributed by atoms with E-state index < -0.39 is 16.1 Å². The zero-order valence-corrected chi connectivity index (χ0v) is 22.8. The Kier molecular flexibility index (Phi) is 5.53. The number of hydrogen-bond acceptors (Lipinski definition) is 7. The molecule has 0 N–H and O–H groups in total. The second kappa shape index (κ2) is 7.77. The van der Waals surface area contributed by atoms with Crippen molar-refractivity contribution < 1.29 is 0 Å². The van der Waals surface area contributed by atoms with Crippen molar-refractivity contribution in [3.05, 3.63) is 35.4 Å². The molecule has 156 valence electrons. The number of nitrogens with zero attached hydrogens (tertiary/aromatic N) is 4. The molecule has 0 radical (unpaired) electrons. The first kappa shape index (κ1) is 22.1. The molecule has 4 nitrogen and oxygen atoms in total. The average Bonchev–Trinajstić information content (AvgIpc) is 3.44. The molecule has 0 atom stereocenters. The van der Waals surface area contributed by atoms with Gasteiger partial charge in [-0.05, 0) is 21.1 Å². The summed E-state index contributed by atoms with van der Waals surface area (Å²) in [5.41, 5.74) is 3.77. The lowest BCUT2D eigenvalue weighted by molar-refractivity contribution is 1.44. The predicted molar refractivity (Wildman–Crippen MR) is 139 cm³/mol. The summed E-state index contributed by atoms with van der Waals surface area (Å²) in [6.45, 7) is 13.9. The van der Waals surface area contributed by atoms with E-state index in [1.165, 1.54) is 9.00 Å². The van der Waals surface area contributed by atoms with Crippen LogP contribution in [0.4, 0.5) is 0 Å². The van der Waals surface area contributed by atoms with E-state index in [9.17, 15) is 10.5 Å². The number of nitriles is 2. The normalized spacial score (nSPS) is 12.1. The van der Waals surface area contributed by atoms with Crippen molar-refractivity contribution in [3.8, 4) is 33.0 Å². The van der Waals surface area contributed by atoms with E-state index in [2.05, 4.69) is 84.4 Å². The molecular formula is C22H22N4S3Si2. The van der Waals surface area contributed by atoms with Gasteiger partial charge in [-0.2, -0.15) is 19.3 Å². The highest BCUT2D eigenvalue weighted by molar-refractivity contribution is 7.29. The minimum absolute atomic E-state index is 0.407. The van der Waals surface area contributed by atoms with Crippen molar-refractivity contribution in [2.45, 2.75) is 39.3 Å².